The summed E-state index contributed by atoms with van der Waals surface area (Å²) >= 11 is 0. The van der Waals surface area contributed by atoms with E-state index in [2.05, 4.69) is 9.88 Å². The van der Waals surface area contributed by atoms with E-state index in [9.17, 15) is 8.42 Å². The van der Waals surface area contributed by atoms with Gasteiger partial charge in [-0.05, 0) is 19.3 Å². The number of amidine groups is 1. The Morgan fingerprint density at radius 1 is 1.56 bits per heavy atom. The van der Waals surface area contributed by atoms with Crippen molar-refractivity contribution in [2.24, 2.45) is 10.9 Å². The van der Waals surface area contributed by atoms with Crippen LogP contribution in [0.4, 0.5) is 0 Å². The van der Waals surface area contributed by atoms with Crippen molar-refractivity contribution >= 4 is 15.9 Å². The van der Waals surface area contributed by atoms with Gasteiger partial charge in [-0.1, -0.05) is 18.5 Å². The largest absolute Gasteiger partial charge is 0.409 e. The second-order valence-electron chi connectivity index (χ2n) is 4.34. The van der Waals surface area contributed by atoms with E-state index in [-0.39, 0.29) is 5.84 Å². The number of sulfonamides is 1. The first-order valence-electron chi connectivity index (χ1n) is 6.07. The molecule has 0 aromatic rings. The van der Waals surface area contributed by atoms with Gasteiger partial charge in [0.1, 0.15) is 0 Å². The molecule has 1 aliphatic rings. The average molecular weight is 279 g/mol. The molecule has 7 nitrogen and oxygen atoms in total. The third kappa shape index (κ3) is 4.11. The standard InChI is InChI=1S/C10H21N3O4S/c1-2-3-9(10(11)12-14)13-18(15,16)8-4-6-17-7-5-8/h8-9,13-14H,2-7H2,1H3,(H2,11,12). The van der Waals surface area contributed by atoms with Gasteiger partial charge in [-0.15, -0.1) is 0 Å². The minimum atomic E-state index is -3.46. The molecule has 0 spiro atoms. The summed E-state index contributed by atoms with van der Waals surface area (Å²) in [6, 6.07) is -0.646. The molecule has 0 aromatic heterocycles. The zero-order chi connectivity index (χ0) is 13.6. The quantitative estimate of drug-likeness (QED) is 0.274. The van der Waals surface area contributed by atoms with Crippen LogP contribution in [0.1, 0.15) is 32.6 Å². The van der Waals surface area contributed by atoms with Gasteiger partial charge >= 0.3 is 0 Å². The van der Waals surface area contributed by atoms with E-state index in [1.807, 2.05) is 6.92 Å². The average Bonchev–Trinajstić information content (AvgIpc) is 2.38. The van der Waals surface area contributed by atoms with E-state index in [1.54, 1.807) is 0 Å². The summed E-state index contributed by atoms with van der Waals surface area (Å²) in [5, 5.41) is 11.1. The summed E-state index contributed by atoms with van der Waals surface area (Å²) in [6.45, 7) is 2.81. The zero-order valence-corrected chi connectivity index (χ0v) is 11.3. The Labute approximate surface area is 107 Å². The lowest BCUT2D eigenvalue weighted by atomic mass is 10.2. The number of oxime groups is 1. The number of ether oxygens (including phenoxy) is 1. The van der Waals surface area contributed by atoms with Crippen LogP contribution in [0.3, 0.4) is 0 Å². The summed E-state index contributed by atoms with van der Waals surface area (Å²) in [5.41, 5.74) is 5.49. The molecule has 106 valence electrons. The van der Waals surface area contributed by atoms with Crippen LogP contribution in [0.25, 0.3) is 0 Å². The van der Waals surface area contributed by atoms with Gasteiger partial charge in [-0.25, -0.2) is 13.1 Å². The molecule has 1 saturated heterocycles. The highest BCUT2D eigenvalue weighted by Crippen LogP contribution is 2.15. The van der Waals surface area contributed by atoms with E-state index in [0.717, 1.165) is 6.42 Å². The van der Waals surface area contributed by atoms with E-state index in [1.165, 1.54) is 0 Å². The maximum absolute atomic E-state index is 12.1. The molecular weight excluding hydrogens is 258 g/mol. The highest BCUT2D eigenvalue weighted by Gasteiger charge is 2.30. The Balaban J connectivity index is 2.71. The first-order chi connectivity index (χ1) is 8.51. The minimum Gasteiger partial charge on any atom is -0.409 e. The van der Waals surface area contributed by atoms with Gasteiger partial charge in [0, 0.05) is 13.2 Å². The van der Waals surface area contributed by atoms with E-state index in [4.69, 9.17) is 15.7 Å². The molecule has 1 unspecified atom stereocenters. The molecule has 4 N–H and O–H groups in total. The molecule has 0 aliphatic carbocycles. The lowest BCUT2D eigenvalue weighted by Gasteiger charge is -2.25. The van der Waals surface area contributed by atoms with Crippen LogP contribution in [0.5, 0.6) is 0 Å². The Bertz CT molecular complexity index is 377. The van der Waals surface area contributed by atoms with Crippen LogP contribution in [0.15, 0.2) is 5.16 Å². The first kappa shape index (κ1) is 15.2. The Morgan fingerprint density at radius 2 is 2.17 bits per heavy atom. The molecular formula is C10H21N3O4S. The lowest BCUT2D eigenvalue weighted by Crippen LogP contribution is -2.48. The zero-order valence-electron chi connectivity index (χ0n) is 10.5. The summed E-state index contributed by atoms with van der Waals surface area (Å²) < 4.78 is 31.9. The van der Waals surface area contributed by atoms with Crippen molar-refractivity contribution in [3.05, 3.63) is 0 Å². The van der Waals surface area contributed by atoms with Crippen LogP contribution in [0, 0.1) is 0 Å². The van der Waals surface area contributed by atoms with Crippen LogP contribution >= 0.6 is 0 Å². The van der Waals surface area contributed by atoms with Crippen molar-refractivity contribution in [3.8, 4) is 0 Å². The van der Waals surface area contributed by atoms with Crippen molar-refractivity contribution in [1.29, 1.82) is 0 Å². The van der Waals surface area contributed by atoms with Gasteiger partial charge in [0.05, 0.1) is 11.3 Å². The Morgan fingerprint density at radius 3 is 2.67 bits per heavy atom. The van der Waals surface area contributed by atoms with Crippen LogP contribution < -0.4 is 10.5 Å². The van der Waals surface area contributed by atoms with Gasteiger partial charge in [0.15, 0.2) is 5.84 Å². The molecule has 1 atom stereocenters. The van der Waals surface area contributed by atoms with Crippen LogP contribution in [-0.2, 0) is 14.8 Å². The van der Waals surface area contributed by atoms with Crippen LogP contribution in [0.2, 0.25) is 0 Å². The molecule has 8 heteroatoms. The highest BCUT2D eigenvalue weighted by atomic mass is 32.2. The minimum absolute atomic E-state index is 0.104. The normalized spacial score (nSPS) is 20.8. The van der Waals surface area contributed by atoms with Gasteiger partial charge in [-0.3, -0.25) is 0 Å². The van der Waals surface area contributed by atoms with Crippen molar-refractivity contribution in [1.82, 2.24) is 4.72 Å². The SMILES string of the molecule is CCCC(NS(=O)(=O)C1CCOCC1)C(N)=NO. The van der Waals surface area contributed by atoms with Crippen molar-refractivity contribution in [3.63, 3.8) is 0 Å². The van der Waals surface area contributed by atoms with Gasteiger partial charge in [-0.2, -0.15) is 0 Å². The van der Waals surface area contributed by atoms with Gasteiger partial charge < -0.3 is 15.7 Å². The summed E-state index contributed by atoms with van der Waals surface area (Å²) in [7, 11) is -3.46. The Kier molecular flexibility index (Phi) is 5.83. The van der Waals surface area contributed by atoms with Gasteiger partial charge in [0.25, 0.3) is 0 Å². The fourth-order valence-corrected chi connectivity index (χ4v) is 3.55. The van der Waals surface area contributed by atoms with Gasteiger partial charge in [0.2, 0.25) is 10.0 Å². The fourth-order valence-electron chi connectivity index (χ4n) is 1.91. The topological polar surface area (TPSA) is 114 Å². The molecule has 1 rings (SSSR count). The number of nitrogens with two attached hydrogens (primary N) is 1. The molecule has 1 heterocycles. The van der Waals surface area contributed by atoms with Crippen molar-refractivity contribution < 1.29 is 18.4 Å². The number of nitrogens with one attached hydrogen (secondary N) is 1. The second-order valence-corrected chi connectivity index (χ2v) is 6.33. The third-order valence-corrected chi connectivity index (χ3v) is 4.93. The summed E-state index contributed by atoms with van der Waals surface area (Å²) in [4.78, 5) is 0. The number of hydrogen-bond acceptors (Lipinski definition) is 5. The molecule has 0 amide bonds. The molecule has 0 aromatic carbocycles. The highest BCUT2D eigenvalue weighted by molar-refractivity contribution is 7.90. The van der Waals surface area contributed by atoms with Crippen molar-refractivity contribution in [2.45, 2.75) is 43.9 Å². The Hall–Kier alpha value is -0.860. The predicted octanol–water partition coefficient (Wildman–Crippen LogP) is -0.0001000. The fraction of sp³-hybridized carbons (Fsp3) is 0.900. The number of nitrogens with zero attached hydrogens (tertiary/aromatic N) is 1. The maximum Gasteiger partial charge on any atom is 0.215 e. The van der Waals surface area contributed by atoms with E-state index in [0.29, 0.717) is 32.5 Å². The lowest BCUT2D eigenvalue weighted by molar-refractivity contribution is 0.0981. The molecule has 18 heavy (non-hydrogen) atoms. The molecule has 1 fully saturated rings. The number of rotatable bonds is 6. The second kappa shape index (κ2) is 6.91. The number of hydrogen-bond donors (Lipinski definition) is 3. The molecule has 0 bridgehead atoms. The monoisotopic (exact) mass is 279 g/mol. The first-order valence-corrected chi connectivity index (χ1v) is 7.62. The summed E-state index contributed by atoms with van der Waals surface area (Å²) in [6.07, 6.45) is 2.18. The predicted molar refractivity (Wildman–Crippen MR) is 68.0 cm³/mol. The third-order valence-electron chi connectivity index (χ3n) is 2.96. The van der Waals surface area contributed by atoms with E-state index >= 15 is 0 Å². The van der Waals surface area contributed by atoms with Crippen LogP contribution in [-0.4, -0.2) is 44.0 Å². The summed E-state index contributed by atoms with van der Waals surface area (Å²) in [5.74, 6) is -0.104. The maximum atomic E-state index is 12.1. The molecule has 1 aliphatic heterocycles. The van der Waals surface area contributed by atoms with E-state index < -0.39 is 21.3 Å². The molecule has 0 radical (unpaired) electrons. The van der Waals surface area contributed by atoms with Crippen molar-refractivity contribution in [2.75, 3.05) is 13.2 Å². The molecule has 0 saturated carbocycles. The smallest absolute Gasteiger partial charge is 0.215 e.